The molecule has 7 nitrogen and oxygen atoms in total. The number of pyridine rings is 1. The van der Waals surface area contributed by atoms with Crippen molar-refractivity contribution in [1.29, 1.82) is 0 Å². The lowest BCUT2D eigenvalue weighted by atomic mass is 10.2. The molecule has 2 rings (SSSR count). The molecule has 1 aromatic heterocycles. The van der Waals surface area contributed by atoms with Crippen molar-refractivity contribution < 1.29 is 22.7 Å². The topological polar surface area (TPSA) is 78.9 Å². The number of likely N-dealkylation sites (tertiary alicyclic amines) is 1. The average Bonchev–Trinajstić information content (AvgIpc) is 3.11. The number of nitrogens with one attached hydrogen (secondary N) is 2. The van der Waals surface area contributed by atoms with Crippen molar-refractivity contribution >= 4 is 35.8 Å². The van der Waals surface area contributed by atoms with Gasteiger partial charge in [-0.15, -0.1) is 24.0 Å². The summed E-state index contributed by atoms with van der Waals surface area (Å²) in [4.78, 5) is 21.5. The van der Waals surface area contributed by atoms with Crippen LogP contribution >= 0.6 is 24.0 Å². The van der Waals surface area contributed by atoms with E-state index < -0.39 is 12.8 Å². The highest BCUT2D eigenvalue weighted by atomic mass is 127. The first-order chi connectivity index (χ1) is 12.8. The van der Waals surface area contributed by atoms with E-state index in [9.17, 15) is 18.0 Å². The van der Waals surface area contributed by atoms with E-state index >= 15 is 0 Å². The quantitative estimate of drug-likeness (QED) is 0.346. The van der Waals surface area contributed by atoms with Gasteiger partial charge in [0, 0.05) is 50.9 Å². The average molecular weight is 515 g/mol. The van der Waals surface area contributed by atoms with Crippen LogP contribution in [0.1, 0.15) is 25.3 Å². The summed E-state index contributed by atoms with van der Waals surface area (Å²) >= 11 is 0. The zero-order valence-electron chi connectivity index (χ0n) is 15.8. The third-order valence-corrected chi connectivity index (χ3v) is 4.08. The lowest BCUT2D eigenvalue weighted by molar-refractivity contribution is -0.154. The number of rotatable bonds is 6. The van der Waals surface area contributed by atoms with E-state index in [1.165, 1.54) is 6.20 Å². The Kier molecular flexibility index (Phi) is 9.76. The normalized spacial score (nSPS) is 17.1. The number of alkyl halides is 3. The maximum Gasteiger partial charge on any atom is 0.422 e. The fourth-order valence-corrected chi connectivity index (χ4v) is 2.73. The molecule has 0 saturated carbocycles. The van der Waals surface area contributed by atoms with Crippen LogP contribution in [0.5, 0.6) is 5.88 Å². The van der Waals surface area contributed by atoms with Gasteiger partial charge in [-0.25, -0.2) is 4.98 Å². The molecule has 1 aliphatic rings. The number of aliphatic imine (C=N–C) groups is 1. The highest BCUT2D eigenvalue weighted by Gasteiger charge is 2.29. The molecule has 11 heteroatoms. The van der Waals surface area contributed by atoms with E-state index in [-0.39, 0.29) is 48.4 Å². The van der Waals surface area contributed by atoms with Crippen LogP contribution in [0.15, 0.2) is 23.3 Å². The number of carbonyl (C=O) groups excluding carboxylic acids is 1. The van der Waals surface area contributed by atoms with Crippen LogP contribution in [0.4, 0.5) is 13.2 Å². The smallest absolute Gasteiger partial charge is 0.422 e. The Morgan fingerprint density at radius 2 is 2.21 bits per heavy atom. The van der Waals surface area contributed by atoms with E-state index in [4.69, 9.17) is 4.74 Å². The second-order valence-corrected chi connectivity index (χ2v) is 6.12. The van der Waals surface area contributed by atoms with Gasteiger partial charge in [0.1, 0.15) is 0 Å². The maximum atomic E-state index is 12.4. The number of guanidine groups is 1. The van der Waals surface area contributed by atoms with E-state index in [0.717, 1.165) is 6.42 Å². The Hall–Kier alpha value is -1.79. The Balaban J connectivity index is 0.00000392. The number of ether oxygens (including phenoxy) is 1. The van der Waals surface area contributed by atoms with Crippen LogP contribution in [0.25, 0.3) is 0 Å². The molecule has 28 heavy (non-hydrogen) atoms. The largest absolute Gasteiger partial charge is 0.468 e. The van der Waals surface area contributed by atoms with Crippen molar-refractivity contribution in [3.63, 3.8) is 0 Å². The molecular formula is C17H25F3IN5O2. The number of hydrogen-bond acceptors (Lipinski definition) is 4. The summed E-state index contributed by atoms with van der Waals surface area (Å²) in [6.45, 7) is 1.92. The lowest BCUT2D eigenvalue weighted by Crippen LogP contribution is -2.44. The summed E-state index contributed by atoms with van der Waals surface area (Å²) in [6, 6.07) is 3.33. The number of nitrogens with zero attached hydrogens (tertiary/aromatic N) is 3. The molecule has 1 aliphatic heterocycles. The van der Waals surface area contributed by atoms with Gasteiger partial charge in [0.05, 0.1) is 0 Å². The number of carbonyl (C=O) groups is 1. The predicted molar refractivity (Wildman–Crippen MR) is 110 cm³/mol. The van der Waals surface area contributed by atoms with Crippen LogP contribution in [-0.2, 0) is 11.3 Å². The summed E-state index contributed by atoms with van der Waals surface area (Å²) in [6.07, 6.45) is -1.77. The van der Waals surface area contributed by atoms with E-state index in [1.54, 1.807) is 24.1 Å². The Bertz CT molecular complexity index is 672. The van der Waals surface area contributed by atoms with Gasteiger partial charge in [-0.2, -0.15) is 13.2 Å². The minimum Gasteiger partial charge on any atom is -0.468 e. The third kappa shape index (κ3) is 7.68. The van der Waals surface area contributed by atoms with Gasteiger partial charge in [-0.3, -0.25) is 9.79 Å². The summed E-state index contributed by atoms with van der Waals surface area (Å²) in [5.41, 5.74) is 0.485. The maximum absolute atomic E-state index is 12.4. The minimum atomic E-state index is -4.43. The van der Waals surface area contributed by atoms with Crippen molar-refractivity contribution in [2.45, 2.75) is 38.5 Å². The molecular weight excluding hydrogens is 490 g/mol. The van der Waals surface area contributed by atoms with Gasteiger partial charge in [0.2, 0.25) is 11.8 Å². The monoisotopic (exact) mass is 515 g/mol. The molecule has 0 bridgehead atoms. The third-order valence-electron chi connectivity index (χ3n) is 4.08. The molecule has 2 heterocycles. The Labute approximate surface area is 179 Å². The van der Waals surface area contributed by atoms with Crippen molar-refractivity contribution in [2.75, 3.05) is 26.7 Å². The number of aromatic nitrogens is 1. The second kappa shape index (κ2) is 11.3. The zero-order valence-corrected chi connectivity index (χ0v) is 18.1. The van der Waals surface area contributed by atoms with Crippen LogP contribution in [0.2, 0.25) is 0 Å². The molecule has 2 N–H and O–H groups in total. The first-order valence-corrected chi connectivity index (χ1v) is 8.70. The van der Waals surface area contributed by atoms with Crippen molar-refractivity contribution in [1.82, 2.24) is 20.5 Å². The summed E-state index contributed by atoms with van der Waals surface area (Å²) < 4.78 is 41.8. The standard InChI is InChI=1S/C17H24F3N5O2.HI/c1-3-14(26)25-8-6-13(10-25)24-16(21-2)23-9-12-5-4-7-22-15(12)27-11-17(18,19)20;/h4-5,7,13H,3,6,8-11H2,1-2H3,(H2,21,23,24);1H. The number of halogens is 4. The highest BCUT2D eigenvalue weighted by Crippen LogP contribution is 2.19. The van der Waals surface area contributed by atoms with Gasteiger partial charge in [-0.1, -0.05) is 13.0 Å². The van der Waals surface area contributed by atoms with Crippen LogP contribution in [0.3, 0.4) is 0 Å². The summed E-state index contributed by atoms with van der Waals surface area (Å²) in [5.74, 6) is 0.541. The Morgan fingerprint density at radius 3 is 2.86 bits per heavy atom. The summed E-state index contributed by atoms with van der Waals surface area (Å²) in [7, 11) is 1.60. The molecule has 0 spiro atoms. The molecule has 158 valence electrons. The summed E-state index contributed by atoms with van der Waals surface area (Å²) in [5, 5.41) is 6.27. The molecule has 0 radical (unpaired) electrons. The second-order valence-electron chi connectivity index (χ2n) is 6.12. The number of hydrogen-bond donors (Lipinski definition) is 2. The van der Waals surface area contributed by atoms with Gasteiger partial charge in [0.15, 0.2) is 12.6 Å². The zero-order chi connectivity index (χ0) is 19.9. The first-order valence-electron chi connectivity index (χ1n) is 8.70. The van der Waals surface area contributed by atoms with Crippen LogP contribution < -0.4 is 15.4 Å². The molecule has 1 aromatic rings. The van der Waals surface area contributed by atoms with Gasteiger partial charge in [0.25, 0.3) is 0 Å². The molecule has 1 amide bonds. The Morgan fingerprint density at radius 1 is 1.46 bits per heavy atom. The van der Waals surface area contributed by atoms with E-state index in [0.29, 0.717) is 31.0 Å². The van der Waals surface area contributed by atoms with Crippen molar-refractivity contribution in [3.05, 3.63) is 23.9 Å². The van der Waals surface area contributed by atoms with Gasteiger partial charge < -0.3 is 20.3 Å². The predicted octanol–water partition coefficient (Wildman–Crippen LogP) is 2.32. The molecule has 1 atom stereocenters. The van der Waals surface area contributed by atoms with Crippen LogP contribution in [0, 0.1) is 0 Å². The molecule has 0 aliphatic carbocycles. The van der Waals surface area contributed by atoms with Gasteiger partial charge >= 0.3 is 6.18 Å². The SMILES string of the molecule is CCC(=O)N1CCC(NC(=NC)NCc2cccnc2OCC(F)(F)F)C1.I. The van der Waals surface area contributed by atoms with E-state index in [2.05, 4.69) is 20.6 Å². The molecule has 0 aromatic carbocycles. The van der Waals surface area contributed by atoms with Crippen molar-refractivity contribution in [2.24, 2.45) is 4.99 Å². The fourth-order valence-electron chi connectivity index (χ4n) is 2.73. The number of amides is 1. The van der Waals surface area contributed by atoms with Crippen molar-refractivity contribution in [3.8, 4) is 5.88 Å². The molecule has 1 unspecified atom stereocenters. The highest BCUT2D eigenvalue weighted by molar-refractivity contribution is 14.0. The minimum absolute atomic E-state index is 0. The lowest BCUT2D eigenvalue weighted by Gasteiger charge is -2.19. The fraction of sp³-hybridized carbons (Fsp3) is 0.588. The molecule has 1 saturated heterocycles. The first kappa shape index (κ1) is 24.2. The van der Waals surface area contributed by atoms with Gasteiger partial charge in [-0.05, 0) is 12.5 Å². The molecule has 1 fully saturated rings. The van der Waals surface area contributed by atoms with Crippen LogP contribution in [-0.4, -0.2) is 60.7 Å². The van der Waals surface area contributed by atoms with E-state index in [1.807, 2.05) is 6.92 Å².